The molecule has 0 aliphatic carbocycles. The molecule has 0 saturated carbocycles. The second-order valence-corrected chi connectivity index (χ2v) is 6.28. The van der Waals surface area contributed by atoms with E-state index in [1.165, 1.54) is 5.56 Å². The lowest BCUT2D eigenvalue weighted by Crippen LogP contribution is -2.22. The van der Waals surface area contributed by atoms with Gasteiger partial charge in [-0.3, -0.25) is 9.67 Å². The molecule has 4 heteroatoms. The molecular weight excluding hydrogens is 248 g/mol. The van der Waals surface area contributed by atoms with E-state index in [-0.39, 0.29) is 11.5 Å². The van der Waals surface area contributed by atoms with Crippen LogP contribution in [0.4, 0.5) is 0 Å². The second kappa shape index (κ2) is 5.75. The van der Waals surface area contributed by atoms with Crippen LogP contribution in [-0.2, 0) is 19.0 Å². The minimum Gasteiger partial charge on any atom is -0.305 e. The van der Waals surface area contributed by atoms with Crippen molar-refractivity contribution in [2.45, 2.75) is 45.7 Å². The van der Waals surface area contributed by atoms with Gasteiger partial charge in [0.1, 0.15) is 0 Å². The van der Waals surface area contributed by atoms with E-state index >= 15 is 0 Å². The van der Waals surface area contributed by atoms with Crippen molar-refractivity contribution in [1.29, 1.82) is 0 Å². The van der Waals surface area contributed by atoms with Crippen molar-refractivity contribution >= 4 is 0 Å². The predicted octanol–water partition coefficient (Wildman–Crippen LogP) is 2.96. The molecule has 2 aromatic heterocycles. The van der Waals surface area contributed by atoms with Gasteiger partial charge >= 0.3 is 0 Å². The molecule has 0 saturated heterocycles. The first-order valence-electron chi connectivity index (χ1n) is 7.05. The number of pyridine rings is 1. The molecule has 0 bridgehead atoms. The van der Waals surface area contributed by atoms with Crippen LogP contribution in [0, 0.1) is 0 Å². The molecule has 0 aromatic carbocycles. The number of hydrogen-bond acceptors (Lipinski definition) is 3. The third kappa shape index (κ3) is 3.45. The Balaban J connectivity index is 2.08. The van der Waals surface area contributed by atoms with E-state index in [0.717, 1.165) is 17.9 Å². The zero-order valence-electron chi connectivity index (χ0n) is 13.0. The SMILES string of the molecule is C[C@@H](NCc1cn(C)nc1C(C)(C)C)c1ccccn1. The molecule has 0 aliphatic heterocycles. The summed E-state index contributed by atoms with van der Waals surface area (Å²) in [6.45, 7) is 9.52. The first-order valence-corrected chi connectivity index (χ1v) is 7.05. The Kier molecular flexibility index (Phi) is 4.23. The lowest BCUT2D eigenvalue weighted by molar-refractivity contribution is 0.527. The van der Waals surface area contributed by atoms with Crippen molar-refractivity contribution < 1.29 is 0 Å². The average Bonchev–Trinajstić information content (AvgIpc) is 2.78. The van der Waals surface area contributed by atoms with Gasteiger partial charge in [0.2, 0.25) is 0 Å². The standard InChI is InChI=1S/C16H24N4/c1-12(14-8-6-7-9-17-14)18-10-13-11-20(5)19-15(13)16(2,3)4/h6-9,11-12,18H,10H2,1-5H3/t12-/m1/s1. The Labute approximate surface area is 121 Å². The third-order valence-corrected chi connectivity index (χ3v) is 3.35. The maximum absolute atomic E-state index is 4.59. The molecule has 2 rings (SSSR count). The predicted molar refractivity (Wildman–Crippen MR) is 81.4 cm³/mol. The van der Waals surface area contributed by atoms with Gasteiger partial charge in [-0.2, -0.15) is 5.10 Å². The maximum atomic E-state index is 4.59. The zero-order valence-corrected chi connectivity index (χ0v) is 13.0. The summed E-state index contributed by atoms with van der Waals surface area (Å²) in [5.41, 5.74) is 3.53. The van der Waals surface area contributed by atoms with E-state index in [0.29, 0.717) is 0 Å². The highest BCUT2D eigenvalue weighted by Crippen LogP contribution is 2.24. The molecule has 0 aliphatic rings. The number of nitrogens with one attached hydrogen (secondary N) is 1. The zero-order chi connectivity index (χ0) is 14.8. The van der Waals surface area contributed by atoms with Crippen molar-refractivity contribution in [2.75, 3.05) is 0 Å². The van der Waals surface area contributed by atoms with Gasteiger partial charge in [0.05, 0.1) is 11.4 Å². The topological polar surface area (TPSA) is 42.7 Å². The Hall–Kier alpha value is -1.68. The van der Waals surface area contributed by atoms with Crippen LogP contribution < -0.4 is 5.32 Å². The molecule has 2 heterocycles. The summed E-state index contributed by atoms with van der Waals surface area (Å²) in [6.07, 6.45) is 3.93. The molecular formula is C16H24N4. The van der Waals surface area contributed by atoms with Crippen molar-refractivity contribution in [2.24, 2.45) is 7.05 Å². The van der Waals surface area contributed by atoms with Gasteiger partial charge in [-0.15, -0.1) is 0 Å². The van der Waals surface area contributed by atoms with E-state index in [1.807, 2.05) is 36.1 Å². The normalized spacial score (nSPS) is 13.4. The van der Waals surface area contributed by atoms with E-state index in [1.54, 1.807) is 0 Å². The monoisotopic (exact) mass is 272 g/mol. The summed E-state index contributed by atoms with van der Waals surface area (Å²) in [7, 11) is 1.97. The van der Waals surface area contributed by atoms with Crippen LogP contribution in [0.25, 0.3) is 0 Å². The fourth-order valence-corrected chi connectivity index (χ4v) is 2.30. The molecule has 4 nitrogen and oxygen atoms in total. The van der Waals surface area contributed by atoms with Crippen LogP contribution in [0.5, 0.6) is 0 Å². The van der Waals surface area contributed by atoms with Crippen LogP contribution in [0.3, 0.4) is 0 Å². The van der Waals surface area contributed by atoms with E-state index in [9.17, 15) is 0 Å². The van der Waals surface area contributed by atoms with Crippen LogP contribution >= 0.6 is 0 Å². The van der Waals surface area contributed by atoms with Gasteiger partial charge in [-0.05, 0) is 19.1 Å². The van der Waals surface area contributed by atoms with Crippen LogP contribution in [0.2, 0.25) is 0 Å². The van der Waals surface area contributed by atoms with Gasteiger partial charge in [0.25, 0.3) is 0 Å². The first kappa shape index (κ1) is 14.7. The highest BCUT2D eigenvalue weighted by atomic mass is 15.3. The number of rotatable bonds is 4. The molecule has 108 valence electrons. The quantitative estimate of drug-likeness (QED) is 0.930. The fraction of sp³-hybridized carbons (Fsp3) is 0.500. The summed E-state index contributed by atoms with van der Waals surface area (Å²) in [6, 6.07) is 6.23. The fourth-order valence-electron chi connectivity index (χ4n) is 2.30. The lowest BCUT2D eigenvalue weighted by atomic mass is 9.89. The molecule has 1 N–H and O–H groups in total. The largest absolute Gasteiger partial charge is 0.305 e. The van der Waals surface area contributed by atoms with Crippen molar-refractivity contribution in [3.8, 4) is 0 Å². The third-order valence-electron chi connectivity index (χ3n) is 3.35. The summed E-state index contributed by atoms with van der Waals surface area (Å²) < 4.78 is 1.89. The van der Waals surface area contributed by atoms with Crippen molar-refractivity contribution in [3.63, 3.8) is 0 Å². The van der Waals surface area contributed by atoms with Gasteiger partial charge in [-0.25, -0.2) is 0 Å². The summed E-state index contributed by atoms with van der Waals surface area (Å²) in [4.78, 5) is 4.38. The Morgan fingerprint density at radius 2 is 2.05 bits per heavy atom. The molecule has 0 unspecified atom stereocenters. The number of nitrogens with zero attached hydrogens (tertiary/aromatic N) is 3. The average molecular weight is 272 g/mol. The number of aromatic nitrogens is 3. The minimum absolute atomic E-state index is 0.0620. The van der Waals surface area contributed by atoms with Gasteiger partial charge in [0.15, 0.2) is 0 Å². The number of hydrogen-bond donors (Lipinski definition) is 1. The van der Waals surface area contributed by atoms with Crippen molar-refractivity contribution in [3.05, 3.63) is 47.5 Å². The maximum Gasteiger partial charge on any atom is 0.0722 e. The van der Waals surface area contributed by atoms with Crippen molar-refractivity contribution in [1.82, 2.24) is 20.1 Å². The van der Waals surface area contributed by atoms with Crippen LogP contribution in [-0.4, -0.2) is 14.8 Å². The van der Waals surface area contributed by atoms with Crippen LogP contribution in [0.1, 0.15) is 50.7 Å². The molecule has 1 atom stereocenters. The molecule has 0 amide bonds. The molecule has 20 heavy (non-hydrogen) atoms. The van der Waals surface area contributed by atoms with Gasteiger partial charge < -0.3 is 5.32 Å². The smallest absolute Gasteiger partial charge is 0.0722 e. The Morgan fingerprint density at radius 3 is 2.65 bits per heavy atom. The lowest BCUT2D eigenvalue weighted by Gasteiger charge is -2.19. The molecule has 2 aromatic rings. The van der Waals surface area contributed by atoms with E-state index < -0.39 is 0 Å². The van der Waals surface area contributed by atoms with Gasteiger partial charge in [0, 0.05) is 43.0 Å². The minimum atomic E-state index is 0.0620. The molecule has 0 spiro atoms. The summed E-state index contributed by atoms with van der Waals surface area (Å²) in [5, 5.41) is 8.12. The highest BCUT2D eigenvalue weighted by Gasteiger charge is 2.22. The van der Waals surface area contributed by atoms with E-state index in [2.05, 4.69) is 49.3 Å². The summed E-state index contributed by atoms with van der Waals surface area (Å²) in [5.74, 6) is 0. The Bertz CT molecular complexity index is 552. The second-order valence-electron chi connectivity index (χ2n) is 6.28. The van der Waals surface area contributed by atoms with E-state index in [4.69, 9.17) is 0 Å². The Morgan fingerprint density at radius 1 is 1.30 bits per heavy atom. The summed E-state index contributed by atoms with van der Waals surface area (Å²) >= 11 is 0. The van der Waals surface area contributed by atoms with Gasteiger partial charge in [-0.1, -0.05) is 26.8 Å². The first-order chi connectivity index (χ1) is 9.38. The highest BCUT2D eigenvalue weighted by molar-refractivity contribution is 5.24. The number of aryl methyl sites for hydroxylation is 1. The molecule has 0 radical (unpaired) electrons. The van der Waals surface area contributed by atoms with Crippen LogP contribution in [0.15, 0.2) is 30.6 Å². The molecule has 0 fully saturated rings.